The molecule has 0 saturated heterocycles. The van der Waals surface area contributed by atoms with Crippen LogP contribution < -0.4 is 15.4 Å². The largest absolute Gasteiger partial charge is 0.484 e. The van der Waals surface area contributed by atoms with Gasteiger partial charge in [0.2, 0.25) is 5.91 Å². The van der Waals surface area contributed by atoms with Gasteiger partial charge in [0, 0.05) is 23.8 Å². The lowest BCUT2D eigenvalue weighted by molar-refractivity contribution is -0.151. The van der Waals surface area contributed by atoms with Crippen LogP contribution in [0.15, 0.2) is 23.2 Å². The van der Waals surface area contributed by atoms with Crippen molar-refractivity contribution in [3.63, 3.8) is 0 Å². The van der Waals surface area contributed by atoms with E-state index in [-0.39, 0.29) is 42.1 Å². The number of carbonyl (C=O) groups excluding carboxylic acids is 2. The Balaban J connectivity index is 1.20. The molecule has 1 heterocycles. The van der Waals surface area contributed by atoms with Crippen LogP contribution in [0.5, 0.6) is 5.75 Å². The van der Waals surface area contributed by atoms with Gasteiger partial charge in [0.25, 0.3) is 5.91 Å². The van der Waals surface area contributed by atoms with Gasteiger partial charge in [0.05, 0.1) is 10.0 Å². The first-order chi connectivity index (χ1) is 14.3. The van der Waals surface area contributed by atoms with Gasteiger partial charge < -0.3 is 20.5 Å². The van der Waals surface area contributed by atoms with E-state index >= 15 is 0 Å². The molecule has 30 heavy (non-hydrogen) atoms. The highest BCUT2D eigenvalue weighted by molar-refractivity contribution is 6.42. The summed E-state index contributed by atoms with van der Waals surface area (Å²) in [7, 11) is 0. The van der Waals surface area contributed by atoms with Gasteiger partial charge in [0.15, 0.2) is 6.61 Å². The molecule has 0 spiro atoms. The van der Waals surface area contributed by atoms with E-state index in [0.717, 1.165) is 25.7 Å². The first kappa shape index (κ1) is 21.4. The van der Waals surface area contributed by atoms with Gasteiger partial charge in [-0.2, -0.15) is 0 Å². The molecule has 0 radical (unpaired) electrons. The number of rotatable bonds is 8. The van der Waals surface area contributed by atoms with Crippen LogP contribution in [0.2, 0.25) is 10.0 Å². The predicted molar refractivity (Wildman–Crippen MR) is 114 cm³/mol. The number of nitrogens with zero attached hydrogens (tertiary/aromatic N) is 1. The molecule has 0 aromatic heterocycles. The Labute approximate surface area is 185 Å². The summed E-state index contributed by atoms with van der Waals surface area (Å²) >= 11 is 11.8. The molecule has 3 saturated carbocycles. The SMILES string of the molecule is O=C(COc1ccc(Cl)c(Cl)c1)NC12CC(NC(=O)C3CC(CCO)CC=N3)(C1)C2. The summed E-state index contributed by atoms with van der Waals surface area (Å²) in [6.45, 7) is 0.0237. The molecule has 1 aliphatic heterocycles. The van der Waals surface area contributed by atoms with Crippen molar-refractivity contribution in [3.8, 4) is 5.75 Å². The first-order valence-corrected chi connectivity index (χ1v) is 10.9. The summed E-state index contributed by atoms with van der Waals surface area (Å²) in [5, 5.41) is 16.1. The van der Waals surface area contributed by atoms with Crippen molar-refractivity contribution in [2.45, 2.75) is 55.6 Å². The Morgan fingerprint density at radius 2 is 1.90 bits per heavy atom. The lowest BCUT2D eigenvalue weighted by atomic mass is 9.44. The fourth-order valence-corrected chi connectivity index (χ4v) is 5.14. The molecule has 4 aliphatic rings. The first-order valence-electron chi connectivity index (χ1n) is 10.2. The predicted octanol–water partition coefficient (Wildman–Crippen LogP) is 2.51. The number of aliphatic hydroxyl groups excluding tert-OH is 1. The fourth-order valence-electron chi connectivity index (χ4n) is 4.85. The van der Waals surface area contributed by atoms with Crippen LogP contribution in [0.3, 0.4) is 0 Å². The molecule has 7 nitrogen and oxygen atoms in total. The normalized spacial score (nSPS) is 31.3. The monoisotopic (exact) mass is 453 g/mol. The molecule has 1 aromatic rings. The van der Waals surface area contributed by atoms with Gasteiger partial charge in [0.1, 0.15) is 11.8 Å². The van der Waals surface area contributed by atoms with E-state index in [1.54, 1.807) is 24.4 Å². The number of ether oxygens (including phenoxy) is 1. The number of halogens is 2. The number of hydrogen-bond donors (Lipinski definition) is 3. The third-order valence-electron chi connectivity index (χ3n) is 6.20. The summed E-state index contributed by atoms with van der Waals surface area (Å²) in [5.74, 6) is 0.520. The molecule has 2 bridgehead atoms. The zero-order valence-electron chi connectivity index (χ0n) is 16.5. The molecule has 2 amide bonds. The van der Waals surface area contributed by atoms with E-state index in [9.17, 15) is 9.59 Å². The Morgan fingerprint density at radius 1 is 1.17 bits per heavy atom. The molecule has 3 aliphatic carbocycles. The maximum absolute atomic E-state index is 12.6. The van der Waals surface area contributed by atoms with Crippen LogP contribution in [-0.4, -0.2) is 53.5 Å². The molecule has 162 valence electrons. The van der Waals surface area contributed by atoms with Gasteiger partial charge in [-0.05, 0) is 62.8 Å². The van der Waals surface area contributed by atoms with E-state index in [2.05, 4.69) is 15.6 Å². The van der Waals surface area contributed by atoms with Crippen LogP contribution in [0.4, 0.5) is 0 Å². The number of carbonyl (C=O) groups is 2. The highest BCUT2D eigenvalue weighted by atomic mass is 35.5. The Bertz CT molecular complexity index is 856. The number of aliphatic imine (C=N–C) groups is 1. The highest BCUT2D eigenvalue weighted by Crippen LogP contribution is 2.60. The Kier molecular flexibility index (Phi) is 5.97. The average Bonchev–Trinajstić information content (AvgIpc) is 2.66. The molecule has 1 aromatic carbocycles. The highest BCUT2D eigenvalue weighted by Gasteiger charge is 2.69. The van der Waals surface area contributed by atoms with E-state index in [0.29, 0.717) is 34.6 Å². The summed E-state index contributed by atoms with van der Waals surface area (Å²) in [4.78, 5) is 29.2. The van der Waals surface area contributed by atoms with Gasteiger partial charge in [-0.15, -0.1) is 0 Å². The second kappa shape index (κ2) is 8.36. The van der Waals surface area contributed by atoms with E-state index < -0.39 is 0 Å². The number of amides is 2. The molecular formula is C21H25Cl2N3O4. The van der Waals surface area contributed by atoms with Crippen molar-refractivity contribution < 1.29 is 19.4 Å². The van der Waals surface area contributed by atoms with Gasteiger partial charge >= 0.3 is 0 Å². The van der Waals surface area contributed by atoms with Crippen LogP contribution in [0.25, 0.3) is 0 Å². The zero-order chi connectivity index (χ0) is 21.4. The van der Waals surface area contributed by atoms with Crippen LogP contribution in [-0.2, 0) is 9.59 Å². The van der Waals surface area contributed by atoms with Crippen molar-refractivity contribution in [1.29, 1.82) is 0 Å². The van der Waals surface area contributed by atoms with Crippen LogP contribution in [0, 0.1) is 5.92 Å². The smallest absolute Gasteiger partial charge is 0.258 e. The van der Waals surface area contributed by atoms with Crippen LogP contribution >= 0.6 is 23.2 Å². The molecule has 3 N–H and O–H groups in total. The lowest BCUT2D eigenvalue weighted by Crippen LogP contribution is -2.84. The lowest BCUT2D eigenvalue weighted by Gasteiger charge is -2.70. The minimum absolute atomic E-state index is 0.0588. The number of nitrogens with one attached hydrogen (secondary N) is 2. The summed E-state index contributed by atoms with van der Waals surface area (Å²) in [6.07, 6.45) is 6.15. The minimum atomic E-state index is -0.380. The van der Waals surface area contributed by atoms with Crippen LogP contribution in [0.1, 0.15) is 38.5 Å². The third kappa shape index (κ3) is 4.43. The van der Waals surface area contributed by atoms with Gasteiger partial charge in [-0.1, -0.05) is 23.2 Å². The van der Waals surface area contributed by atoms with Gasteiger partial charge in [-0.3, -0.25) is 14.6 Å². The number of hydrogen-bond acceptors (Lipinski definition) is 5. The van der Waals surface area contributed by atoms with Crippen molar-refractivity contribution >= 4 is 41.2 Å². The Hall–Kier alpha value is -1.83. The molecule has 5 rings (SSSR count). The molecular weight excluding hydrogens is 429 g/mol. The Morgan fingerprint density at radius 3 is 2.60 bits per heavy atom. The third-order valence-corrected chi connectivity index (χ3v) is 6.94. The van der Waals surface area contributed by atoms with Crippen molar-refractivity contribution in [1.82, 2.24) is 10.6 Å². The fraction of sp³-hybridized carbons (Fsp3) is 0.571. The minimum Gasteiger partial charge on any atom is -0.484 e. The second-order valence-electron chi connectivity index (χ2n) is 8.69. The summed E-state index contributed by atoms with van der Waals surface area (Å²) in [5.41, 5.74) is -0.477. The number of aliphatic hydroxyl groups is 1. The maximum Gasteiger partial charge on any atom is 0.258 e. The van der Waals surface area contributed by atoms with E-state index in [1.807, 2.05) is 0 Å². The molecule has 2 atom stereocenters. The van der Waals surface area contributed by atoms with E-state index in [4.69, 9.17) is 33.0 Å². The summed E-state index contributed by atoms with van der Waals surface area (Å²) in [6, 6.07) is 4.47. The standard InChI is InChI=1S/C21H25Cl2N3O4/c22-15-2-1-14(8-16(15)23)30-9-18(28)25-20-10-21(11-20,12-20)26-19(29)17-7-13(4-6-27)3-5-24-17/h1-2,5,8,13,17,27H,3-4,6-7,9-12H2,(H,25,28)(H,26,29). The summed E-state index contributed by atoms with van der Waals surface area (Å²) < 4.78 is 5.48. The number of benzene rings is 1. The topological polar surface area (TPSA) is 100 Å². The average molecular weight is 454 g/mol. The van der Waals surface area contributed by atoms with Gasteiger partial charge in [-0.25, -0.2) is 0 Å². The molecule has 3 fully saturated rings. The molecule has 2 unspecified atom stereocenters. The van der Waals surface area contributed by atoms with Crippen molar-refractivity contribution in [2.24, 2.45) is 10.9 Å². The second-order valence-corrected chi connectivity index (χ2v) is 9.50. The zero-order valence-corrected chi connectivity index (χ0v) is 18.0. The molecule has 9 heteroatoms. The maximum atomic E-state index is 12.6. The van der Waals surface area contributed by atoms with E-state index in [1.165, 1.54) is 0 Å². The van der Waals surface area contributed by atoms with Crippen molar-refractivity contribution in [3.05, 3.63) is 28.2 Å². The quantitative estimate of drug-likeness (QED) is 0.562. The van der Waals surface area contributed by atoms with Crippen molar-refractivity contribution in [2.75, 3.05) is 13.2 Å².